The fourth-order valence-electron chi connectivity index (χ4n) is 3.52. The fourth-order valence-corrected chi connectivity index (χ4v) is 3.52. The van der Waals surface area contributed by atoms with Gasteiger partial charge in [-0.2, -0.15) is 0 Å². The number of amides is 2. The van der Waals surface area contributed by atoms with Gasteiger partial charge in [0.1, 0.15) is 5.82 Å². The van der Waals surface area contributed by atoms with E-state index in [1.807, 2.05) is 9.80 Å². The predicted octanol–water partition coefficient (Wildman–Crippen LogP) is 2.60. The molecule has 3 heterocycles. The number of piperidine rings is 1. The van der Waals surface area contributed by atoms with Crippen molar-refractivity contribution < 1.29 is 18.4 Å². The zero-order valence-corrected chi connectivity index (χ0v) is 13.4. The summed E-state index contributed by atoms with van der Waals surface area (Å²) in [4.78, 5) is 16.3. The summed E-state index contributed by atoms with van der Waals surface area (Å²) < 4.78 is 23.8. The lowest BCUT2D eigenvalue weighted by Crippen LogP contribution is -2.50. The number of hydrogen-bond acceptors (Lipinski definition) is 4. The van der Waals surface area contributed by atoms with Gasteiger partial charge in [0.25, 0.3) is 0 Å². The van der Waals surface area contributed by atoms with Crippen LogP contribution in [0.5, 0.6) is 0 Å². The number of aromatic nitrogens is 1. The van der Waals surface area contributed by atoms with Crippen molar-refractivity contribution in [2.75, 3.05) is 39.4 Å². The van der Waals surface area contributed by atoms with E-state index in [2.05, 4.69) is 5.16 Å². The number of hydrogen-bond donors (Lipinski definition) is 0. The predicted molar refractivity (Wildman–Crippen MR) is 85.3 cm³/mol. The van der Waals surface area contributed by atoms with Gasteiger partial charge in [-0.15, -0.1) is 0 Å². The fraction of sp³-hybridized carbons (Fsp3) is 0.529. The van der Waals surface area contributed by atoms with Crippen LogP contribution in [0.4, 0.5) is 9.18 Å². The van der Waals surface area contributed by atoms with Crippen molar-refractivity contribution >= 4 is 17.0 Å². The first-order valence-corrected chi connectivity index (χ1v) is 8.39. The number of benzene rings is 1. The first kappa shape index (κ1) is 15.4. The molecule has 0 spiro atoms. The van der Waals surface area contributed by atoms with Crippen LogP contribution in [0.1, 0.15) is 24.5 Å². The van der Waals surface area contributed by atoms with E-state index in [0.717, 1.165) is 23.9 Å². The van der Waals surface area contributed by atoms with Crippen molar-refractivity contribution in [1.29, 1.82) is 0 Å². The number of ether oxygens (including phenoxy) is 1. The van der Waals surface area contributed by atoms with Gasteiger partial charge in [-0.3, -0.25) is 0 Å². The van der Waals surface area contributed by atoms with E-state index in [1.54, 1.807) is 6.07 Å². The third kappa shape index (κ3) is 2.84. The van der Waals surface area contributed by atoms with Crippen LogP contribution in [0.15, 0.2) is 22.7 Å². The van der Waals surface area contributed by atoms with E-state index in [9.17, 15) is 9.18 Å². The van der Waals surface area contributed by atoms with Crippen LogP contribution in [0.3, 0.4) is 0 Å². The number of urea groups is 1. The number of likely N-dealkylation sites (tertiary alicyclic amines) is 1. The van der Waals surface area contributed by atoms with Crippen LogP contribution in [0.25, 0.3) is 11.0 Å². The number of fused-ring (bicyclic) bond motifs is 1. The van der Waals surface area contributed by atoms with E-state index in [-0.39, 0.29) is 17.8 Å². The van der Waals surface area contributed by atoms with Gasteiger partial charge in [0, 0.05) is 43.5 Å². The molecular weight excluding hydrogens is 313 g/mol. The molecule has 128 valence electrons. The van der Waals surface area contributed by atoms with E-state index < -0.39 is 0 Å². The summed E-state index contributed by atoms with van der Waals surface area (Å²) in [6.07, 6.45) is 1.68. The Balaban J connectivity index is 1.42. The second kappa shape index (κ2) is 6.39. The molecule has 2 aliphatic heterocycles. The van der Waals surface area contributed by atoms with Crippen LogP contribution in [-0.2, 0) is 4.74 Å². The van der Waals surface area contributed by atoms with Gasteiger partial charge < -0.3 is 19.1 Å². The second-order valence-corrected chi connectivity index (χ2v) is 6.35. The van der Waals surface area contributed by atoms with Gasteiger partial charge in [0.2, 0.25) is 0 Å². The molecule has 2 aliphatic rings. The van der Waals surface area contributed by atoms with Crippen LogP contribution in [0.2, 0.25) is 0 Å². The Morgan fingerprint density at radius 1 is 1.12 bits per heavy atom. The number of carbonyl (C=O) groups excluding carboxylic acids is 1. The molecule has 0 N–H and O–H groups in total. The Labute approximate surface area is 139 Å². The third-order valence-electron chi connectivity index (χ3n) is 4.90. The summed E-state index contributed by atoms with van der Waals surface area (Å²) in [5, 5.41) is 5.02. The third-order valence-corrected chi connectivity index (χ3v) is 4.90. The number of halogens is 1. The summed E-state index contributed by atoms with van der Waals surface area (Å²) >= 11 is 0. The number of carbonyl (C=O) groups is 1. The summed E-state index contributed by atoms with van der Waals surface area (Å²) in [6.45, 7) is 3.97. The van der Waals surface area contributed by atoms with Gasteiger partial charge in [-0.1, -0.05) is 5.16 Å². The van der Waals surface area contributed by atoms with E-state index in [4.69, 9.17) is 9.26 Å². The minimum Gasteiger partial charge on any atom is -0.378 e. The van der Waals surface area contributed by atoms with E-state index in [1.165, 1.54) is 12.1 Å². The van der Waals surface area contributed by atoms with Crippen molar-refractivity contribution in [3.63, 3.8) is 0 Å². The maximum Gasteiger partial charge on any atom is 0.320 e. The smallest absolute Gasteiger partial charge is 0.320 e. The van der Waals surface area contributed by atoms with Gasteiger partial charge >= 0.3 is 6.03 Å². The van der Waals surface area contributed by atoms with E-state index >= 15 is 0 Å². The number of nitrogens with zero attached hydrogens (tertiary/aromatic N) is 3. The lowest BCUT2D eigenvalue weighted by Gasteiger charge is -2.36. The molecule has 2 fully saturated rings. The van der Waals surface area contributed by atoms with Crippen molar-refractivity contribution in [1.82, 2.24) is 15.0 Å². The zero-order chi connectivity index (χ0) is 16.5. The van der Waals surface area contributed by atoms with E-state index in [0.29, 0.717) is 45.0 Å². The largest absolute Gasteiger partial charge is 0.378 e. The topological polar surface area (TPSA) is 58.8 Å². The molecule has 2 saturated heterocycles. The maximum absolute atomic E-state index is 13.3. The lowest BCUT2D eigenvalue weighted by atomic mass is 9.92. The molecule has 0 unspecified atom stereocenters. The minimum atomic E-state index is -0.323. The SMILES string of the molecule is O=C(N1CCOCC1)N1CCC(c2noc3cc(F)ccc23)CC1. The molecule has 1 aromatic carbocycles. The minimum absolute atomic E-state index is 0.101. The highest BCUT2D eigenvalue weighted by Crippen LogP contribution is 2.33. The Morgan fingerprint density at radius 2 is 1.83 bits per heavy atom. The molecule has 2 aromatic rings. The molecule has 1 aromatic heterocycles. The molecule has 0 saturated carbocycles. The van der Waals surface area contributed by atoms with Crippen molar-refractivity contribution in [3.05, 3.63) is 29.7 Å². The molecule has 7 heteroatoms. The maximum atomic E-state index is 13.3. The molecule has 0 atom stereocenters. The standard InChI is InChI=1S/C17H20FN3O3/c18-13-1-2-14-15(11-13)24-19-16(14)12-3-5-20(6-4-12)17(22)21-7-9-23-10-8-21/h1-2,11-12H,3-10H2. The average molecular weight is 333 g/mol. The monoisotopic (exact) mass is 333 g/mol. The lowest BCUT2D eigenvalue weighted by molar-refractivity contribution is 0.0411. The number of rotatable bonds is 1. The first-order chi connectivity index (χ1) is 11.7. The Morgan fingerprint density at radius 3 is 2.58 bits per heavy atom. The van der Waals surface area contributed by atoms with Gasteiger partial charge in [0.05, 0.1) is 18.9 Å². The molecular formula is C17H20FN3O3. The van der Waals surface area contributed by atoms with Gasteiger partial charge in [0.15, 0.2) is 5.58 Å². The molecule has 4 rings (SSSR count). The molecule has 24 heavy (non-hydrogen) atoms. The van der Waals surface area contributed by atoms with Gasteiger partial charge in [-0.25, -0.2) is 9.18 Å². The molecule has 2 amide bonds. The van der Waals surface area contributed by atoms with Crippen LogP contribution < -0.4 is 0 Å². The highest BCUT2D eigenvalue weighted by Gasteiger charge is 2.30. The second-order valence-electron chi connectivity index (χ2n) is 6.35. The molecule has 0 aliphatic carbocycles. The first-order valence-electron chi connectivity index (χ1n) is 8.39. The van der Waals surface area contributed by atoms with Gasteiger partial charge in [-0.05, 0) is 25.0 Å². The summed E-state index contributed by atoms with van der Waals surface area (Å²) in [7, 11) is 0. The van der Waals surface area contributed by atoms with Crippen LogP contribution in [0, 0.1) is 5.82 Å². The highest BCUT2D eigenvalue weighted by atomic mass is 19.1. The molecule has 6 nitrogen and oxygen atoms in total. The molecule has 0 radical (unpaired) electrons. The summed E-state index contributed by atoms with van der Waals surface area (Å²) in [5.41, 5.74) is 1.36. The Hall–Kier alpha value is -2.15. The van der Waals surface area contributed by atoms with Crippen LogP contribution in [-0.4, -0.2) is 60.4 Å². The normalized spacial score (nSPS) is 19.9. The summed E-state index contributed by atoms with van der Waals surface area (Å²) in [6, 6.07) is 4.62. The average Bonchev–Trinajstić information content (AvgIpc) is 3.05. The highest BCUT2D eigenvalue weighted by molar-refractivity contribution is 5.80. The zero-order valence-electron chi connectivity index (χ0n) is 13.4. The van der Waals surface area contributed by atoms with Crippen LogP contribution >= 0.6 is 0 Å². The number of morpholine rings is 1. The summed E-state index contributed by atoms with van der Waals surface area (Å²) in [5.74, 6) is -0.0819. The van der Waals surface area contributed by atoms with Crippen molar-refractivity contribution in [3.8, 4) is 0 Å². The Bertz CT molecular complexity index is 734. The molecule has 0 bridgehead atoms. The van der Waals surface area contributed by atoms with Crippen molar-refractivity contribution in [2.24, 2.45) is 0 Å². The quantitative estimate of drug-likeness (QED) is 0.805. The Kier molecular flexibility index (Phi) is 4.10. The van der Waals surface area contributed by atoms with Crippen molar-refractivity contribution in [2.45, 2.75) is 18.8 Å².